The summed E-state index contributed by atoms with van der Waals surface area (Å²) in [5, 5.41) is 11.8. The molecule has 2 aromatic heterocycles. The van der Waals surface area contributed by atoms with Gasteiger partial charge in [-0.15, -0.1) is 6.58 Å². The zero-order valence-corrected chi connectivity index (χ0v) is 14.5. The van der Waals surface area contributed by atoms with E-state index in [9.17, 15) is 0 Å². The van der Waals surface area contributed by atoms with Crippen molar-refractivity contribution < 1.29 is 0 Å². The predicted octanol–water partition coefficient (Wildman–Crippen LogP) is 3.89. The number of aromatic amines is 1. The molecule has 23 heavy (non-hydrogen) atoms. The lowest BCUT2D eigenvalue weighted by Gasteiger charge is -2.08. The predicted molar refractivity (Wildman–Crippen MR) is 97.1 cm³/mol. The van der Waals surface area contributed by atoms with Gasteiger partial charge in [0.2, 0.25) is 0 Å². The normalized spacial score (nSPS) is 11.0. The molecule has 0 saturated carbocycles. The second-order valence-corrected chi connectivity index (χ2v) is 5.25. The number of benzene rings is 1. The van der Waals surface area contributed by atoms with Crippen LogP contribution in [0.15, 0.2) is 49.3 Å². The van der Waals surface area contributed by atoms with Crippen molar-refractivity contribution in [3.8, 4) is 0 Å². The Morgan fingerprint density at radius 1 is 1.39 bits per heavy atom. The molecule has 0 aliphatic rings. The van der Waals surface area contributed by atoms with E-state index in [2.05, 4.69) is 47.0 Å². The van der Waals surface area contributed by atoms with Gasteiger partial charge >= 0.3 is 0 Å². The van der Waals surface area contributed by atoms with E-state index in [1.165, 1.54) is 5.56 Å². The molecule has 0 bridgehead atoms. The molecule has 0 aliphatic carbocycles. The Hall–Kier alpha value is -2.40. The summed E-state index contributed by atoms with van der Waals surface area (Å²) in [6, 6.07) is 8.33. The highest BCUT2D eigenvalue weighted by Crippen LogP contribution is 2.20. The highest BCUT2D eigenvalue weighted by molar-refractivity contribution is 5.79. The first-order valence-corrected chi connectivity index (χ1v) is 7.73. The van der Waals surface area contributed by atoms with Gasteiger partial charge < -0.3 is 5.73 Å². The third-order valence-corrected chi connectivity index (χ3v) is 3.28. The first-order chi connectivity index (χ1) is 11.0. The van der Waals surface area contributed by atoms with Gasteiger partial charge in [-0.2, -0.15) is 10.2 Å². The minimum atomic E-state index is 0.139. The number of nitrogens with zero attached hydrogens (tertiary/aromatic N) is 3. The smallest absolute Gasteiger partial charge is 0.0679 e. The minimum absolute atomic E-state index is 0.139. The van der Waals surface area contributed by atoms with Crippen LogP contribution in [0, 0.1) is 6.92 Å². The van der Waals surface area contributed by atoms with Crippen LogP contribution in [0.4, 0.5) is 0 Å². The van der Waals surface area contributed by atoms with Crippen LogP contribution < -0.4 is 5.73 Å². The summed E-state index contributed by atoms with van der Waals surface area (Å²) in [6.07, 6.45) is 6.32. The fraction of sp³-hybridized carbons (Fsp3) is 0.333. The molecular formula is C18H27N5. The van der Waals surface area contributed by atoms with Crippen LogP contribution in [0.25, 0.3) is 10.9 Å². The van der Waals surface area contributed by atoms with Crippen LogP contribution in [0.3, 0.4) is 0 Å². The van der Waals surface area contributed by atoms with Crippen LogP contribution in [-0.2, 0) is 7.05 Å². The van der Waals surface area contributed by atoms with Crippen molar-refractivity contribution in [2.75, 3.05) is 0 Å². The van der Waals surface area contributed by atoms with Crippen molar-refractivity contribution in [1.82, 2.24) is 20.0 Å². The van der Waals surface area contributed by atoms with Crippen molar-refractivity contribution in [3.63, 3.8) is 0 Å². The minimum Gasteiger partial charge on any atom is -0.324 e. The summed E-state index contributed by atoms with van der Waals surface area (Å²) in [5.74, 6) is 0. The van der Waals surface area contributed by atoms with Gasteiger partial charge in [0, 0.05) is 30.4 Å². The number of allylic oxidation sites excluding steroid dienone is 1. The van der Waals surface area contributed by atoms with Crippen molar-refractivity contribution >= 4 is 10.9 Å². The number of hydrogen-bond donors (Lipinski definition) is 2. The summed E-state index contributed by atoms with van der Waals surface area (Å²) in [6.45, 7) is 9.31. The summed E-state index contributed by atoms with van der Waals surface area (Å²) < 4.78 is 1.87. The maximum atomic E-state index is 5.96. The molecule has 2 heterocycles. The van der Waals surface area contributed by atoms with E-state index in [4.69, 9.17) is 5.73 Å². The number of H-pyrrole nitrogens is 1. The Morgan fingerprint density at radius 3 is 2.57 bits per heavy atom. The molecule has 3 N–H and O–H groups in total. The Balaban J connectivity index is 0.000000244. The number of rotatable bonds is 2. The molecule has 3 aromatic rings. The van der Waals surface area contributed by atoms with Gasteiger partial charge in [-0.05, 0) is 44.0 Å². The van der Waals surface area contributed by atoms with E-state index in [0.29, 0.717) is 0 Å². The number of fused-ring (bicyclic) bond motifs is 1. The van der Waals surface area contributed by atoms with E-state index < -0.39 is 0 Å². The van der Waals surface area contributed by atoms with Crippen LogP contribution in [0.5, 0.6) is 0 Å². The number of aryl methyl sites for hydroxylation is 2. The molecule has 0 fully saturated rings. The monoisotopic (exact) mass is 313 g/mol. The Kier molecular flexibility index (Phi) is 7.77. The van der Waals surface area contributed by atoms with E-state index in [1.807, 2.05) is 37.8 Å². The van der Waals surface area contributed by atoms with E-state index in [1.54, 1.807) is 12.3 Å². The van der Waals surface area contributed by atoms with Crippen LogP contribution in [0.1, 0.15) is 37.6 Å². The average molecular weight is 313 g/mol. The summed E-state index contributed by atoms with van der Waals surface area (Å²) in [4.78, 5) is 0. The van der Waals surface area contributed by atoms with Crippen molar-refractivity contribution in [2.45, 2.75) is 33.2 Å². The largest absolute Gasteiger partial charge is 0.324 e. The fourth-order valence-electron chi connectivity index (χ4n) is 1.97. The van der Waals surface area contributed by atoms with Gasteiger partial charge in [0.05, 0.1) is 11.7 Å². The number of hydrogen-bond acceptors (Lipinski definition) is 3. The average Bonchev–Trinajstić information content (AvgIpc) is 3.17. The van der Waals surface area contributed by atoms with Crippen molar-refractivity contribution in [3.05, 3.63) is 60.6 Å². The maximum Gasteiger partial charge on any atom is 0.0679 e. The second kappa shape index (κ2) is 9.58. The molecule has 0 radical (unpaired) electrons. The Morgan fingerprint density at radius 2 is 2.09 bits per heavy atom. The van der Waals surface area contributed by atoms with E-state index in [0.717, 1.165) is 23.0 Å². The van der Waals surface area contributed by atoms with Gasteiger partial charge in [0.15, 0.2) is 0 Å². The highest BCUT2D eigenvalue weighted by Gasteiger charge is 2.05. The summed E-state index contributed by atoms with van der Waals surface area (Å²) in [5.41, 5.74) is 9.41. The third kappa shape index (κ3) is 5.71. The molecule has 1 unspecified atom stereocenters. The van der Waals surface area contributed by atoms with Crippen molar-refractivity contribution in [2.24, 2.45) is 12.8 Å². The first kappa shape index (κ1) is 18.6. The lowest BCUT2D eigenvalue weighted by Crippen LogP contribution is -2.08. The van der Waals surface area contributed by atoms with Gasteiger partial charge in [-0.25, -0.2) is 0 Å². The SMILES string of the molecule is C=CC.CCC(N)c1ccc2c(cnn2C)c1.Cc1ccn[nH]1. The van der Waals surface area contributed by atoms with Gasteiger partial charge in [-0.1, -0.05) is 19.1 Å². The molecule has 5 heteroatoms. The molecule has 0 spiro atoms. The molecule has 1 aromatic carbocycles. The zero-order chi connectivity index (χ0) is 17.2. The van der Waals surface area contributed by atoms with Crippen molar-refractivity contribution in [1.29, 1.82) is 0 Å². The van der Waals surface area contributed by atoms with Crippen LogP contribution >= 0.6 is 0 Å². The quantitative estimate of drug-likeness (QED) is 0.705. The third-order valence-electron chi connectivity index (χ3n) is 3.28. The standard InChI is InChI=1S/C11H15N3.C4H6N2.C3H6/c1-3-10(12)8-4-5-11-9(6-8)7-13-14(11)2;1-4-2-3-5-6-4;1-3-2/h4-7,10H,3,12H2,1-2H3;2-3H,1H3,(H,5,6);3H,1H2,2H3. The highest BCUT2D eigenvalue weighted by atomic mass is 15.2. The van der Waals surface area contributed by atoms with Crippen LogP contribution in [0.2, 0.25) is 0 Å². The molecule has 0 saturated heterocycles. The molecule has 5 nitrogen and oxygen atoms in total. The molecule has 3 rings (SSSR count). The number of nitrogens with one attached hydrogen (secondary N) is 1. The Bertz CT molecular complexity index is 697. The molecular weight excluding hydrogens is 286 g/mol. The lowest BCUT2D eigenvalue weighted by atomic mass is 10.0. The molecule has 1 atom stereocenters. The fourth-order valence-corrected chi connectivity index (χ4v) is 1.97. The van der Waals surface area contributed by atoms with Crippen LogP contribution in [-0.4, -0.2) is 20.0 Å². The van der Waals surface area contributed by atoms with Gasteiger partial charge in [0.25, 0.3) is 0 Å². The van der Waals surface area contributed by atoms with Gasteiger partial charge in [0.1, 0.15) is 0 Å². The van der Waals surface area contributed by atoms with Gasteiger partial charge in [-0.3, -0.25) is 9.78 Å². The topological polar surface area (TPSA) is 72.5 Å². The molecule has 0 amide bonds. The summed E-state index contributed by atoms with van der Waals surface area (Å²) >= 11 is 0. The van der Waals surface area contributed by atoms with E-state index >= 15 is 0 Å². The number of aromatic nitrogens is 4. The Labute approximate surface area is 138 Å². The molecule has 0 aliphatic heterocycles. The molecule has 124 valence electrons. The zero-order valence-electron chi connectivity index (χ0n) is 14.5. The number of nitrogens with two attached hydrogens (primary N) is 1. The van der Waals surface area contributed by atoms with E-state index in [-0.39, 0.29) is 6.04 Å². The maximum absolute atomic E-state index is 5.96. The second-order valence-electron chi connectivity index (χ2n) is 5.25. The first-order valence-electron chi connectivity index (χ1n) is 7.73. The lowest BCUT2D eigenvalue weighted by molar-refractivity contribution is 0.699. The summed E-state index contributed by atoms with van der Waals surface area (Å²) in [7, 11) is 1.95.